The van der Waals surface area contributed by atoms with Crippen LogP contribution in [0.1, 0.15) is 19.4 Å². The van der Waals surface area contributed by atoms with E-state index in [9.17, 15) is 8.42 Å². The number of halogens is 1. The van der Waals surface area contributed by atoms with Crippen molar-refractivity contribution in [2.24, 2.45) is 0 Å². The molecule has 1 aromatic rings. The lowest BCUT2D eigenvalue weighted by atomic mass is 10.2. The molecule has 0 aliphatic carbocycles. The molecule has 0 amide bonds. The van der Waals surface area contributed by atoms with E-state index in [-0.39, 0.29) is 17.5 Å². The molecule has 1 unspecified atom stereocenters. The van der Waals surface area contributed by atoms with Crippen LogP contribution in [0, 0.1) is 0 Å². The molecule has 1 rings (SSSR count). The summed E-state index contributed by atoms with van der Waals surface area (Å²) in [5.41, 5.74) is 1.02. The van der Waals surface area contributed by atoms with Gasteiger partial charge in [-0.3, -0.25) is 0 Å². The van der Waals surface area contributed by atoms with E-state index in [1.165, 1.54) is 0 Å². The molecule has 0 saturated carbocycles. The van der Waals surface area contributed by atoms with E-state index in [1.54, 1.807) is 24.3 Å². The number of alkyl halides is 1. The van der Waals surface area contributed by atoms with Gasteiger partial charge in [-0.2, -0.15) is 0 Å². The highest BCUT2D eigenvalue weighted by molar-refractivity contribution is 7.89. The molecule has 0 aromatic heterocycles. The van der Waals surface area contributed by atoms with Gasteiger partial charge in [0.2, 0.25) is 10.0 Å². The summed E-state index contributed by atoms with van der Waals surface area (Å²) in [6, 6.07) is 6.75. The molecule has 0 radical (unpaired) electrons. The Bertz CT molecular complexity index is 473. The van der Waals surface area contributed by atoms with Gasteiger partial charge >= 0.3 is 0 Å². The minimum Gasteiger partial charge on any atom is -0.377 e. The molecule has 0 spiro atoms. The zero-order valence-electron chi connectivity index (χ0n) is 11.2. The Kier molecular flexibility index (Phi) is 6.79. The monoisotopic (exact) mass is 305 g/mol. The van der Waals surface area contributed by atoms with Crippen LogP contribution in [0.5, 0.6) is 0 Å². The van der Waals surface area contributed by atoms with Crippen molar-refractivity contribution in [3.05, 3.63) is 29.8 Å². The number of benzene rings is 1. The quantitative estimate of drug-likeness (QED) is 0.749. The zero-order valence-corrected chi connectivity index (χ0v) is 12.8. The first-order chi connectivity index (χ1) is 8.99. The van der Waals surface area contributed by atoms with Crippen LogP contribution in [-0.4, -0.2) is 33.6 Å². The average Bonchev–Trinajstić information content (AvgIpc) is 2.38. The first-order valence-corrected chi connectivity index (χ1v) is 8.27. The molecule has 0 bridgehead atoms. The summed E-state index contributed by atoms with van der Waals surface area (Å²) in [4.78, 5) is 0.259. The maximum absolute atomic E-state index is 12.0. The predicted octanol–water partition coefficient (Wildman–Crippen LogP) is 2.17. The fraction of sp³-hybridized carbons (Fsp3) is 0.538. The fourth-order valence-electron chi connectivity index (χ4n) is 1.60. The third kappa shape index (κ3) is 5.48. The van der Waals surface area contributed by atoms with Gasteiger partial charge in [0.05, 0.1) is 11.0 Å². The molecule has 19 heavy (non-hydrogen) atoms. The number of aryl methyl sites for hydroxylation is 1. The van der Waals surface area contributed by atoms with E-state index < -0.39 is 10.0 Å². The van der Waals surface area contributed by atoms with E-state index in [0.29, 0.717) is 12.5 Å². The number of hydrogen-bond acceptors (Lipinski definition) is 3. The van der Waals surface area contributed by atoms with Crippen LogP contribution in [-0.2, 0) is 21.2 Å². The Morgan fingerprint density at radius 1 is 1.32 bits per heavy atom. The van der Waals surface area contributed by atoms with Crippen LogP contribution in [0.3, 0.4) is 0 Å². The van der Waals surface area contributed by atoms with E-state index in [0.717, 1.165) is 12.0 Å². The number of sulfonamides is 1. The number of nitrogens with one attached hydrogen (secondary N) is 1. The van der Waals surface area contributed by atoms with Gasteiger partial charge in [-0.25, -0.2) is 13.1 Å². The second-order valence-electron chi connectivity index (χ2n) is 4.20. The van der Waals surface area contributed by atoms with Gasteiger partial charge in [0, 0.05) is 19.0 Å². The van der Waals surface area contributed by atoms with Crippen LogP contribution in [0.4, 0.5) is 0 Å². The minimum atomic E-state index is -3.47. The summed E-state index contributed by atoms with van der Waals surface area (Å²) >= 11 is 5.64. The van der Waals surface area contributed by atoms with Crippen LogP contribution in [0.2, 0.25) is 0 Å². The Hall–Kier alpha value is -0.620. The van der Waals surface area contributed by atoms with Gasteiger partial charge in [0.1, 0.15) is 0 Å². The van der Waals surface area contributed by atoms with E-state index in [2.05, 4.69) is 4.72 Å². The van der Waals surface area contributed by atoms with E-state index in [1.807, 2.05) is 13.8 Å². The normalized spacial score (nSPS) is 13.4. The smallest absolute Gasteiger partial charge is 0.240 e. The third-order valence-corrected chi connectivity index (χ3v) is 4.26. The topological polar surface area (TPSA) is 55.4 Å². The molecule has 1 N–H and O–H groups in total. The Morgan fingerprint density at radius 2 is 1.95 bits per heavy atom. The molecule has 0 aliphatic heterocycles. The van der Waals surface area contributed by atoms with Gasteiger partial charge in [-0.1, -0.05) is 12.1 Å². The van der Waals surface area contributed by atoms with E-state index in [4.69, 9.17) is 16.3 Å². The molecule has 108 valence electrons. The summed E-state index contributed by atoms with van der Waals surface area (Å²) in [5.74, 6) is 0.524. The van der Waals surface area contributed by atoms with Crippen LogP contribution < -0.4 is 4.72 Å². The largest absolute Gasteiger partial charge is 0.377 e. The zero-order chi connectivity index (χ0) is 14.3. The van der Waals surface area contributed by atoms with Crippen molar-refractivity contribution in [1.82, 2.24) is 4.72 Å². The summed E-state index contributed by atoms with van der Waals surface area (Å²) in [6.07, 6.45) is 0.590. The minimum absolute atomic E-state index is 0.143. The highest BCUT2D eigenvalue weighted by Crippen LogP contribution is 2.11. The van der Waals surface area contributed by atoms with Gasteiger partial charge in [-0.15, -0.1) is 11.6 Å². The predicted molar refractivity (Wildman–Crippen MR) is 77.1 cm³/mol. The lowest BCUT2D eigenvalue weighted by Crippen LogP contribution is -2.32. The van der Waals surface area contributed by atoms with Gasteiger partial charge in [0.25, 0.3) is 0 Å². The maximum atomic E-state index is 12.0. The van der Waals surface area contributed by atoms with Gasteiger partial charge < -0.3 is 4.74 Å². The first kappa shape index (κ1) is 16.4. The van der Waals surface area contributed by atoms with Gasteiger partial charge in [-0.05, 0) is 38.0 Å². The fourth-order valence-corrected chi connectivity index (χ4v) is 2.93. The molecule has 1 aromatic carbocycles. The average molecular weight is 306 g/mol. The Balaban J connectivity index is 2.66. The second-order valence-corrected chi connectivity index (χ2v) is 6.35. The SMILES string of the molecule is CCOC(C)CNS(=O)(=O)c1ccc(CCCl)cc1. The summed E-state index contributed by atoms with van der Waals surface area (Å²) in [6.45, 7) is 4.53. The second kappa shape index (κ2) is 7.85. The molecule has 0 fully saturated rings. The molecule has 4 nitrogen and oxygen atoms in total. The van der Waals surface area contributed by atoms with Crippen LogP contribution in [0.25, 0.3) is 0 Å². The first-order valence-electron chi connectivity index (χ1n) is 6.25. The summed E-state index contributed by atoms with van der Waals surface area (Å²) < 4.78 is 31.8. The molecular weight excluding hydrogens is 286 g/mol. The Morgan fingerprint density at radius 3 is 2.47 bits per heavy atom. The van der Waals surface area contributed by atoms with E-state index >= 15 is 0 Å². The van der Waals surface area contributed by atoms with Gasteiger partial charge in [0.15, 0.2) is 0 Å². The molecule has 1 atom stereocenters. The molecule has 0 heterocycles. The van der Waals surface area contributed by atoms with Crippen molar-refractivity contribution in [2.45, 2.75) is 31.3 Å². The number of rotatable bonds is 8. The molecule has 0 saturated heterocycles. The summed E-state index contributed by atoms with van der Waals surface area (Å²) in [5, 5.41) is 0. The molecule has 0 aliphatic rings. The van der Waals surface area contributed by atoms with Crippen LogP contribution in [0.15, 0.2) is 29.2 Å². The Labute approximate surface area is 120 Å². The lowest BCUT2D eigenvalue weighted by Gasteiger charge is -2.13. The number of ether oxygens (including phenoxy) is 1. The summed E-state index contributed by atoms with van der Waals surface area (Å²) in [7, 11) is -3.47. The highest BCUT2D eigenvalue weighted by Gasteiger charge is 2.14. The third-order valence-electron chi connectivity index (χ3n) is 2.63. The van der Waals surface area contributed by atoms with Crippen molar-refractivity contribution < 1.29 is 13.2 Å². The van der Waals surface area contributed by atoms with Crippen LogP contribution >= 0.6 is 11.6 Å². The van der Waals surface area contributed by atoms with Crippen molar-refractivity contribution in [1.29, 1.82) is 0 Å². The molecular formula is C13H20ClNO3S. The highest BCUT2D eigenvalue weighted by atomic mass is 35.5. The maximum Gasteiger partial charge on any atom is 0.240 e. The lowest BCUT2D eigenvalue weighted by molar-refractivity contribution is 0.0799. The van der Waals surface area contributed by atoms with Crippen molar-refractivity contribution in [3.8, 4) is 0 Å². The van der Waals surface area contributed by atoms with Crippen molar-refractivity contribution in [3.63, 3.8) is 0 Å². The number of hydrogen-bond donors (Lipinski definition) is 1. The standard InChI is InChI=1S/C13H20ClNO3S/c1-3-18-11(2)10-15-19(16,17)13-6-4-12(5-7-13)8-9-14/h4-7,11,15H,3,8-10H2,1-2H3. The van der Waals surface area contributed by atoms with Crippen molar-refractivity contribution in [2.75, 3.05) is 19.0 Å². The molecule has 6 heteroatoms. The van der Waals surface area contributed by atoms with Crippen molar-refractivity contribution >= 4 is 21.6 Å².